The third-order valence-electron chi connectivity index (χ3n) is 11.3. The Bertz CT molecular complexity index is 1440. The molecule has 2 heterocycles. The molecule has 1 saturated heterocycles. The van der Waals surface area contributed by atoms with Crippen LogP contribution >= 0.6 is 0 Å². The monoisotopic (exact) mass is 741 g/mol. The Morgan fingerprint density at radius 3 is 2.42 bits per heavy atom. The van der Waals surface area contributed by atoms with Crippen LogP contribution in [0.15, 0.2) is 18.2 Å². The van der Waals surface area contributed by atoms with Crippen molar-refractivity contribution < 1.29 is 39.6 Å². The first kappa shape index (κ1) is 41.0. The summed E-state index contributed by atoms with van der Waals surface area (Å²) in [6.45, 7) is 13.9. The molecule has 0 unspecified atom stereocenters. The van der Waals surface area contributed by atoms with Crippen molar-refractivity contribution in [2.45, 2.75) is 136 Å². The molecule has 0 spiro atoms. The molecule has 53 heavy (non-hydrogen) atoms. The summed E-state index contributed by atoms with van der Waals surface area (Å²) in [5.74, 6) is 0.499. The number of fused-ring (bicyclic) bond motifs is 1. The molecule has 2 saturated carbocycles. The van der Waals surface area contributed by atoms with E-state index >= 15 is 0 Å². The van der Waals surface area contributed by atoms with E-state index in [4.69, 9.17) is 18.9 Å². The predicted octanol–water partition coefficient (Wildman–Crippen LogP) is 7.81. The predicted molar refractivity (Wildman–Crippen MR) is 207 cm³/mol. The quantitative estimate of drug-likeness (QED) is 0.158. The number of hydrogen-bond acceptors (Lipinski definition) is 8. The first-order valence-electron chi connectivity index (χ1n) is 20.3. The Balaban J connectivity index is 0.00000650. The molecular formula is C42H67N3O8. The Morgan fingerprint density at radius 1 is 1.04 bits per heavy atom. The van der Waals surface area contributed by atoms with Gasteiger partial charge in [-0.3, -0.25) is 14.4 Å². The van der Waals surface area contributed by atoms with Gasteiger partial charge in [0, 0.05) is 72.1 Å². The SMILES string of the molecule is CCOC[C@H](CCCC(=O)[C@H]1C[C@@H](C(=O)N(c2ccc3c(c2)N(CCCOC)C(=O)C(C)(C)O3)C2CC2)CN(C(=O)OC(C)(C)C)C1)C1CCCCC1.[HH]. The molecule has 4 aliphatic rings. The summed E-state index contributed by atoms with van der Waals surface area (Å²) in [6, 6.07) is 5.62. The highest BCUT2D eigenvalue weighted by molar-refractivity contribution is 6.04. The number of nitrogens with zero attached hydrogens (tertiary/aromatic N) is 3. The van der Waals surface area contributed by atoms with Gasteiger partial charge in [-0.15, -0.1) is 0 Å². The van der Waals surface area contributed by atoms with Crippen LogP contribution in [0.5, 0.6) is 5.75 Å². The number of carbonyl (C=O) groups is 4. The number of likely N-dealkylation sites (tertiary alicyclic amines) is 1. The zero-order valence-corrected chi connectivity index (χ0v) is 33.5. The molecule has 2 aliphatic heterocycles. The number of Topliss-reactive ketones (excluding diaryl/α,β-unsaturated/α-hetero) is 1. The minimum atomic E-state index is -1.03. The minimum absolute atomic E-state index is 0. The summed E-state index contributed by atoms with van der Waals surface area (Å²) in [5.41, 5.74) is -0.425. The lowest BCUT2D eigenvalue weighted by Crippen LogP contribution is -2.53. The summed E-state index contributed by atoms with van der Waals surface area (Å²) >= 11 is 0. The average molecular weight is 742 g/mol. The first-order chi connectivity index (χ1) is 25.2. The van der Waals surface area contributed by atoms with E-state index in [-0.39, 0.29) is 38.2 Å². The first-order valence-corrected chi connectivity index (χ1v) is 20.3. The van der Waals surface area contributed by atoms with Crippen LogP contribution in [0.3, 0.4) is 0 Å². The maximum atomic E-state index is 14.7. The normalized spacial score (nSPS) is 22.5. The number of methoxy groups -OCH3 is 1. The second-order valence-corrected chi connectivity index (χ2v) is 17.2. The van der Waals surface area contributed by atoms with Crippen LogP contribution in [0.25, 0.3) is 0 Å². The molecule has 0 bridgehead atoms. The van der Waals surface area contributed by atoms with Crippen LogP contribution in [0.2, 0.25) is 0 Å². The smallest absolute Gasteiger partial charge is 0.410 e. The maximum Gasteiger partial charge on any atom is 0.410 e. The molecule has 0 radical (unpaired) electrons. The highest BCUT2D eigenvalue weighted by Crippen LogP contribution is 2.43. The van der Waals surface area contributed by atoms with Gasteiger partial charge >= 0.3 is 6.09 Å². The van der Waals surface area contributed by atoms with E-state index in [1.54, 1.807) is 30.8 Å². The number of ketones is 1. The third-order valence-corrected chi connectivity index (χ3v) is 11.3. The average Bonchev–Trinajstić information content (AvgIpc) is 3.96. The lowest BCUT2D eigenvalue weighted by molar-refractivity contribution is -0.132. The number of benzene rings is 1. The van der Waals surface area contributed by atoms with Crippen molar-refractivity contribution in [3.8, 4) is 5.75 Å². The van der Waals surface area contributed by atoms with Crippen LogP contribution in [-0.4, -0.2) is 92.4 Å². The minimum Gasteiger partial charge on any atom is -0.476 e. The molecule has 1 aromatic rings. The number of anilines is 2. The van der Waals surface area contributed by atoms with E-state index in [9.17, 15) is 19.2 Å². The van der Waals surface area contributed by atoms with Crippen molar-refractivity contribution in [3.63, 3.8) is 0 Å². The van der Waals surface area contributed by atoms with Crippen molar-refractivity contribution in [2.24, 2.45) is 23.7 Å². The number of carbonyl (C=O) groups excluding carboxylic acids is 4. The number of amides is 3. The Kier molecular flexibility index (Phi) is 13.9. The van der Waals surface area contributed by atoms with Crippen LogP contribution in [0.4, 0.5) is 16.2 Å². The lowest BCUT2D eigenvalue weighted by Gasteiger charge is -2.40. The van der Waals surface area contributed by atoms with Crippen LogP contribution in [-0.2, 0) is 28.6 Å². The molecular weight excluding hydrogens is 674 g/mol. The Labute approximate surface area is 318 Å². The Morgan fingerprint density at radius 2 is 1.75 bits per heavy atom. The Hall–Kier alpha value is -3.18. The van der Waals surface area contributed by atoms with E-state index in [0.717, 1.165) is 32.3 Å². The molecule has 11 heteroatoms. The van der Waals surface area contributed by atoms with E-state index < -0.39 is 29.1 Å². The van der Waals surface area contributed by atoms with Gasteiger partial charge in [-0.1, -0.05) is 32.1 Å². The molecule has 1 aromatic carbocycles. The molecule has 2 aliphatic carbocycles. The van der Waals surface area contributed by atoms with E-state index in [1.807, 2.05) is 50.8 Å². The van der Waals surface area contributed by atoms with E-state index in [2.05, 4.69) is 0 Å². The molecule has 0 aromatic heterocycles. The standard InChI is InChI=1S/C42H65N3O8.H2/c1-8-51-28-30(29-14-10-9-11-15-29)16-12-17-36(46)31-24-32(27-43(26-31)40(49)53-41(2,3)4)38(47)45(33-18-19-33)34-20-21-37-35(25-34)44(22-13-23-50-7)39(48)42(5,6)52-37;/h20-21,25,29-33H,8-19,22-24,26-28H2,1-7H3;1H/t30-,31-,32+;/m0./s1. The molecule has 0 N–H and O–H groups in total. The second-order valence-electron chi connectivity index (χ2n) is 17.2. The molecule has 3 atom stereocenters. The second kappa shape index (κ2) is 18.0. The van der Waals surface area contributed by atoms with E-state index in [0.29, 0.717) is 68.0 Å². The highest BCUT2D eigenvalue weighted by atomic mass is 16.6. The van der Waals surface area contributed by atoms with Gasteiger partial charge in [-0.2, -0.15) is 0 Å². The van der Waals surface area contributed by atoms with Crippen molar-refractivity contribution in [1.82, 2.24) is 4.90 Å². The summed E-state index contributed by atoms with van der Waals surface area (Å²) in [7, 11) is 1.64. The van der Waals surface area contributed by atoms with Gasteiger partial charge in [0.25, 0.3) is 5.91 Å². The number of hydrogen-bond donors (Lipinski definition) is 0. The van der Waals surface area contributed by atoms with Gasteiger partial charge in [-0.25, -0.2) is 4.79 Å². The van der Waals surface area contributed by atoms with Crippen molar-refractivity contribution in [1.29, 1.82) is 0 Å². The number of ether oxygens (including phenoxy) is 4. The van der Waals surface area contributed by atoms with Gasteiger partial charge in [0.05, 0.1) is 11.6 Å². The maximum absolute atomic E-state index is 14.7. The van der Waals surface area contributed by atoms with Crippen molar-refractivity contribution in [2.75, 3.05) is 56.4 Å². The summed E-state index contributed by atoms with van der Waals surface area (Å²) < 4.78 is 23.1. The van der Waals surface area contributed by atoms with Gasteiger partial charge in [0.2, 0.25) is 5.91 Å². The van der Waals surface area contributed by atoms with Gasteiger partial charge in [-0.05, 0) is 110 Å². The zero-order valence-electron chi connectivity index (χ0n) is 33.5. The topological polar surface area (TPSA) is 115 Å². The molecule has 11 nitrogen and oxygen atoms in total. The van der Waals surface area contributed by atoms with Gasteiger partial charge < -0.3 is 33.6 Å². The van der Waals surface area contributed by atoms with Crippen molar-refractivity contribution in [3.05, 3.63) is 18.2 Å². The molecule has 5 rings (SSSR count). The molecule has 298 valence electrons. The van der Waals surface area contributed by atoms with Gasteiger partial charge in [0.15, 0.2) is 5.60 Å². The van der Waals surface area contributed by atoms with Crippen molar-refractivity contribution >= 4 is 35.1 Å². The van der Waals surface area contributed by atoms with E-state index in [1.165, 1.54) is 32.1 Å². The fraction of sp³-hybridized carbons (Fsp3) is 0.762. The van der Waals surface area contributed by atoms with Crippen LogP contribution in [0.1, 0.15) is 120 Å². The third kappa shape index (κ3) is 10.7. The summed E-state index contributed by atoms with van der Waals surface area (Å²) in [5, 5.41) is 0. The summed E-state index contributed by atoms with van der Waals surface area (Å²) in [6.07, 6.45) is 10.7. The van der Waals surface area contributed by atoms with Crippen LogP contribution < -0.4 is 14.5 Å². The summed E-state index contributed by atoms with van der Waals surface area (Å²) in [4.78, 5) is 60.9. The zero-order chi connectivity index (χ0) is 38.3. The fourth-order valence-electron chi connectivity index (χ4n) is 8.40. The van der Waals surface area contributed by atoms with Gasteiger partial charge in [0.1, 0.15) is 17.1 Å². The number of piperidine rings is 1. The highest BCUT2D eigenvalue weighted by Gasteiger charge is 2.45. The van der Waals surface area contributed by atoms with Crippen LogP contribution in [0, 0.1) is 23.7 Å². The molecule has 3 fully saturated rings. The largest absolute Gasteiger partial charge is 0.476 e. The molecule has 3 amide bonds. The number of rotatable bonds is 16. The lowest BCUT2D eigenvalue weighted by atomic mass is 9.77. The fourth-order valence-corrected chi connectivity index (χ4v) is 8.40.